The van der Waals surface area contributed by atoms with Gasteiger partial charge in [-0.3, -0.25) is 4.79 Å². The van der Waals surface area contributed by atoms with E-state index in [4.69, 9.17) is 0 Å². The molecule has 0 radical (unpaired) electrons. The molecule has 0 heterocycles. The third-order valence-corrected chi connectivity index (χ3v) is 4.54. The average molecular weight is 271 g/mol. The predicted octanol–water partition coefficient (Wildman–Crippen LogP) is 3.27. The first kappa shape index (κ1) is 13.9. The Morgan fingerprint density at radius 1 is 1.05 bits per heavy atom. The van der Waals surface area contributed by atoms with Crippen LogP contribution < -0.4 is 5.32 Å². The van der Waals surface area contributed by atoms with Crippen LogP contribution in [0.15, 0.2) is 12.1 Å². The van der Waals surface area contributed by atoms with Gasteiger partial charge in [0.2, 0.25) is 0 Å². The molecule has 1 fully saturated rings. The van der Waals surface area contributed by atoms with Crippen LogP contribution in [0.2, 0.25) is 0 Å². The Hall–Kier alpha value is -1.52. The maximum atomic E-state index is 13.1. The largest absolute Gasteiger partial charge is 0.348 e. The van der Waals surface area contributed by atoms with E-state index in [0.717, 1.165) is 0 Å². The zero-order chi connectivity index (χ0) is 14.6. The third-order valence-electron chi connectivity index (χ3n) is 4.54. The van der Waals surface area contributed by atoms with E-state index in [2.05, 4.69) is 5.32 Å². The summed E-state index contributed by atoms with van der Waals surface area (Å²) in [6.07, 6.45) is 0. The number of carbonyl (C=O) groups excluding carboxylic acids is 1. The van der Waals surface area contributed by atoms with Gasteiger partial charge in [-0.1, -0.05) is 27.7 Å². The van der Waals surface area contributed by atoms with Crippen molar-refractivity contribution in [3.63, 3.8) is 0 Å². The van der Waals surface area contributed by atoms with Gasteiger partial charge in [-0.2, -0.15) is 0 Å². The van der Waals surface area contributed by atoms with Crippen molar-refractivity contribution in [3.8, 4) is 0 Å². The van der Waals surface area contributed by atoms with Crippen LogP contribution in [0, 0.1) is 28.3 Å². The van der Waals surface area contributed by atoms with Gasteiger partial charge in [0.25, 0.3) is 5.91 Å². The molecule has 0 aromatic heterocycles. The van der Waals surface area contributed by atoms with E-state index in [0.29, 0.717) is 12.1 Å². The van der Waals surface area contributed by atoms with E-state index in [1.165, 1.54) is 0 Å². The van der Waals surface area contributed by atoms with Gasteiger partial charge in [-0.05, 0) is 23.0 Å². The van der Waals surface area contributed by atoms with Gasteiger partial charge in [-0.15, -0.1) is 0 Å². The number of rotatable bonds is 2. The van der Waals surface area contributed by atoms with Crippen LogP contribution in [0.3, 0.4) is 0 Å². The molecular weight excluding hydrogens is 255 g/mol. The second-order valence-electron chi connectivity index (χ2n) is 6.10. The van der Waals surface area contributed by atoms with Gasteiger partial charge in [0.15, 0.2) is 17.5 Å². The molecule has 2 nitrogen and oxygen atoms in total. The first-order valence-corrected chi connectivity index (χ1v) is 6.04. The second kappa shape index (κ2) is 3.99. The standard InChI is InChI=1S/C14H16F3NO/c1-13(2)12(14(13,3)4)18-11(19)7-5-8(15)10(17)9(16)6-7/h5-6,12H,1-4H3,(H,18,19). The normalized spacial score (nSPS) is 20.2. The Morgan fingerprint density at radius 2 is 1.47 bits per heavy atom. The number of hydrogen-bond donors (Lipinski definition) is 1. The summed E-state index contributed by atoms with van der Waals surface area (Å²) in [5.41, 5.74) is -0.380. The predicted molar refractivity (Wildman–Crippen MR) is 65.1 cm³/mol. The molecule has 0 unspecified atom stereocenters. The number of amides is 1. The summed E-state index contributed by atoms with van der Waals surface area (Å²) < 4.78 is 38.9. The third kappa shape index (κ3) is 2.01. The molecule has 0 spiro atoms. The lowest BCUT2D eigenvalue weighted by Crippen LogP contribution is -2.30. The molecule has 0 bridgehead atoms. The van der Waals surface area contributed by atoms with Crippen molar-refractivity contribution in [1.82, 2.24) is 5.32 Å². The van der Waals surface area contributed by atoms with Crippen LogP contribution in [0.25, 0.3) is 0 Å². The minimum Gasteiger partial charge on any atom is -0.348 e. The minimum atomic E-state index is -1.57. The molecule has 1 saturated carbocycles. The summed E-state index contributed by atoms with van der Waals surface area (Å²) >= 11 is 0. The highest BCUT2D eigenvalue weighted by Crippen LogP contribution is 2.62. The quantitative estimate of drug-likeness (QED) is 0.822. The van der Waals surface area contributed by atoms with Crippen molar-refractivity contribution in [2.24, 2.45) is 10.8 Å². The summed E-state index contributed by atoms with van der Waals surface area (Å²) in [4.78, 5) is 11.9. The van der Waals surface area contributed by atoms with Gasteiger partial charge in [0.1, 0.15) is 0 Å². The lowest BCUT2D eigenvalue weighted by molar-refractivity contribution is 0.0942. The molecule has 0 atom stereocenters. The number of halogens is 3. The van der Waals surface area contributed by atoms with E-state index in [1.54, 1.807) is 0 Å². The van der Waals surface area contributed by atoms with Crippen molar-refractivity contribution in [1.29, 1.82) is 0 Å². The molecule has 0 aliphatic heterocycles. The van der Waals surface area contributed by atoms with Crippen LogP contribution in [0.1, 0.15) is 38.1 Å². The molecule has 104 valence electrons. The fourth-order valence-corrected chi connectivity index (χ4v) is 2.46. The molecule has 1 aliphatic carbocycles. The lowest BCUT2D eigenvalue weighted by atomic mass is 10.0. The first-order chi connectivity index (χ1) is 8.59. The van der Waals surface area contributed by atoms with Crippen molar-refractivity contribution < 1.29 is 18.0 Å². The molecule has 1 aliphatic rings. The van der Waals surface area contributed by atoms with Crippen molar-refractivity contribution in [3.05, 3.63) is 35.1 Å². The zero-order valence-corrected chi connectivity index (χ0v) is 11.3. The topological polar surface area (TPSA) is 29.1 Å². The van der Waals surface area contributed by atoms with E-state index < -0.39 is 23.4 Å². The number of hydrogen-bond acceptors (Lipinski definition) is 1. The number of benzene rings is 1. The van der Waals surface area contributed by atoms with Gasteiger partial charge in [-0.25, -0.2) is 13.2 Å². The molecule has 19 heavy (non-hydrogen) atoms. The molecule has 0 saturated heterocycles. The Kier molecular flexibility index (Phi) is 2.92. The molecule has 2 rings (SSSR count). The van der Waals surface area contributed by atoms with Crippen molar-refractivity contribution in [2.45, 2.75) is 33.7 Å². The van der Waals surface area contributed by atoms with Crippen LogP contribution in [-0.4, -0.2) is 11.9 Å². The monoisotopic (exact) mass is 271 g/mol. The molecule has 5 heteroatoms. The van der Waals surface area contributed by atoms with E-state index in [1.807, 2.05) is 27.7 Å². The minimum absolute atomic E-state index is 0.0799. The Balaban J connectivity index is 2.19. The summed E-state index contributed by atoms with van der Waals surface area (Å²) in [5, 5.41) is 2.73. The number of carbonyl (C=O) groups is 1. The Morgan fingerprint density at radius 3 is 1.84 bits per heavy atom. The SMILES string of the molecule is CC1(C)C(NC(=O)c2cc(F)c(F)c(F)c2)C1(C)C. The highest BCUT2D eigenvalue weighted by Gasteiger charge is 2.65. The molecule has 1 amide bonds. The van der Waals surface area contributed by atoms with E-state index in [9.17, 15) is 18.0 Å². The molecule has 1 N–H and O–H groups in total. The summed E-state index contributed by atoms with van der Waals surface area (Å²) in [6.45, 7) is 8.01. The second-order valence-corrected chi connectivity index (χ2v) is 6.10. The summed E-state index contributed by atoms with van der Waals surface area (Å²) in [5.74, 6) is -4.89. The van der Waals surface area contributed by atoms with Crippen LogP contribution in [0.5, 0.6) is 0 Å². The Labute approximate surface area is 110 Å². The van der Waals surface area contributed by atoms with Gasteiger partial charge >= 0.3 is 0 Å². The maximum Gasteiger partial charge on any atom is 0.251 e. The summed E-state index contributed by atoms with van der Waals surface area (Å²) in [6, 6.07) is 1.33. The number of nitrogens with one attached hydrogen (secondary N) is 1. The fraction of sp³-hybridized carbons (Fsp3) is 0.500. The lowest BCUT2D eigenvalue weighted by Gasteiger charge is -2.07. The van der Waals surface area contributed by atoms with Crippen LogP contribution in [0.4, 0.5) is 13.2 Å². The van der Waals surface area contributed by atoms with Gasteiger partial charge in [0.05, 0.1) is 0 Å². The van der Waals surface area contributed by atoms with Crippen LogP contribution >= 0.6 is 0 Å². The van der Waals surface area contributed by atoms with Crippen molar-refractivity contribution in [2.75, 3.05) is 0 Å². The Bertz CT molecular complexity index is 515. The highest BCUT2D eigenvalue weighted by atomic mass is 19.2. The molecular formula is C14H16F3NO. The van der Waals surface area contributed by atoms with Crippen LogP contribution in [-0.2, 0) is 0 Å². The van der Waals surface area contributed by atoms with E-state index in [-0.39, 0.29) is 22.4 Å². The fourth-order valence-electron chi connectivity index (χ4n) is 2.46. The van der Waals surface area contributed by atoms with Gasteiger partial charge in [0, 0.05) is 11.6 Å². The summed E-state index contributed by atoms with van der Waals surface area (Å²) in [7, 11) is 0. The van der Waals surface area contributed by atoms with Crippen molar-refractivity contribution >= 4 is 5.91 Å². The first-order valence-electron chi connectivity index (χ1n) is 6.04. The molecule has 1 aromatic rings. The zero-order valence-electron chi connectivity index (χ0n) is 11.3. The smallest absolute Gasteiger partial charge is 0.251 e. The molecule has 1 aromatic carbocycles. The average Bonchev–Trinajstić information content (AvgIpc) is 2.67. The van der Waals surface area contributed by atoms with E-state index >= 15 is 0 Å². The highest BCUT2D eigenvalue weighted by molar-refractivity contribution is 5.94. The van der Waals surface area contributed by atoms with Gasteiger partial charge < -0.3 is 5.32 Å². The maximum absolute atomic E-state index is 13.1.